The molecule has 0 aromatic carbocycles. The van der Waals surface area contributed by atoms with Crippen LogP contribution in [0, 0.1) is 6.92 Å². The molecule has 0 rings (SSSR count). The summed E-state index contributed by atoms with van der Waals surface area (Å²) >= 11 is 0. The molecule has 0 nitrogen and oxygen atoms in total. The van der Waals surface area contributed by atoms with Gasteiger partial charge in [-0.15, -0.1) is 0 Å². The van der Waals surface area contributed by atoms with E-state index in [9.17, 15) is 4.39 Å². The monoisotopic (exact) mass is 129 g/mol. The van der Waals surface area contributed by atoms with E-state index < -0.39 is 0 Å². The predicted molar refractivity (Wildman–Crippen MR) is 38.9 cm³/mol. The maximum Gasteiger partial charge on any atom is 0.0894 e. The molecule has 0 aromatic rings. The van der Waals surface area contributed by atoms with Gasteiger partial charge in [0.25, 0.3) is 0 Å². The van der Waals surface area contributed by atoms with Gasteiger partial charge in [-0.3, -0.25) is 4.39 Å². The van der Waals surface area contributed by atoms with Crippen LogP contribution in [-0.2, 0) is 0 Å². The summed E-state index contributed by atoms with van der Waals surface area (Å²) in [7, 11) is 0. The lowest BCUT2D eigenvalue weighted by atomic mass is 10.2. The molecule has 0 atom stereocenters. The maximum atomic E-state index is 11.5. The molecule has 0 aliphatic carbocycles. The highest BCUT2D eigenvalue weighted by atomic mass is 19.1. The smallest absolute Gasteiger partial charge is 0.0894 e. The average molecular weight is 129 g/mol. The van der Waals surface area contributed by atoms with Crippen molar-refractivity contribution in [2.75, 3.05) is 6.67 Å². The molecule has 9 heavy (non-hydrogen) atoms. The summed E-state index contributed by atoms with van der Waals surface area (Å²) < 4.78 is 11.5. The summed E-state index contributed by atoms with van der Waals surface area (Å²) in [6.07, 6.45) is 7.65. The van der Waals surface area contributed by atoms with Gasteiger partial charge in [-0.2, -0.15) is 0 Å². The third kappa shape index (κ3) is 7.67. The number of rotatable bonds is 5. The second kappa shape index (κ2) is 7.67. The molecule has 0 amide bonds. The number of unbranched alkanes of at least 4 members (excludes halogenated alkanes) is 3. The zero-order valence-corrected chi connectivity index (χ0v) is 5.78. The molecule has 1 radical (unpaired) electrons. The molecular weight excluding hydrogens is 115 g/mol. The zero-order valence-electron chi connectivity index (χ0n) is 5.78. The zero-order chi connectivity index (χ0) is 6.95. The topological polar surface area (TPSA) is 0 Å². The van der Waals surface area contributed by atoms with Gasteiger partial charge >= 0.3 is 0 Å². The number of halogens is 1. The molecule has 0 saturated heterocycles. The van der Waals surface area contributed by atoms with Gasteiger partial charge in [0.2, 0.25) is 0 Å². The number of hydrogen-bond acceptors (Lipinski definition) is 0. The molecule has 0 aliphatic rings. The van der Waals surface area contributed by atoms with E-state index in [1.165, 1.54) is 0 Å². The summed E-state index contributed by atoms with van der Waals surface area (Å²) in [5.41, 5.74) is 0. The molecule has 0 fully saturated rings. The molecule has 0 N–H and O–H groups in total. The van der Waals surface area contributed by atoms with E-state index in [0.29, 0.717) is 6.42 Å². The molecule has 53 valence electrons. The van der Waals surface area contributed by atoms with E-state index in [4.69, 9.17) is 0 Å². The van der Waals surface area contributed by atoms with Gasteiger partial charge in [-0.05, 0) is 26.2 Å². The highest BCUT2D eigenvalue weighted by Gasteiger charge is 1.84. The van der Waals surface area contributed by atoms with Gasteiger partial charge in [-0.1, -0.05) is 18.6 Å². The molecular formula is C8H14F. The van der Waals surface area contributed by atoms with E-state index in [1.54, 1.807) is 6.08 Å². The molecule has 0 spiro atoms. The highest BCUT2D eigenvalue weighted by molar-refractivity contribution is 4.83. The largest absolute Gasteiger partial charge is 0.251 e. The van der Waals surface area contributed by atoms with Crippen molar-refractivity contribution >= 4 is 0 Å². The van der Waals surface area contributed by atoms with Crippen molar-refractivity contribution in [2.24, 2.45) is 0 Å². The quantitative estimate of drug-likeness (QED) is 0.501. The fraction of sp³-hybridized carbons (Fsp3) is 0.625. The maximum absolute atomic E-state index is 11.5. The Labute approximate surface area is 56.8 Å². The summed E-state index contributed by atoms with van der Waals surface area (Å²) in [6, 6.07) is 0. The van der Waals surface area contributed by atoms with Crippen LogP contribution >= 0.6 is 0 Å². The fourth-order valence-electron chi connectivity index (χ4n) is 0.651. The first-order valence-corrected chi connectivity index (χ1v) is 3.42. The Morgan fingerprint density at radius 2 is 2.00 bits per heavy atom. The van der Waals surface area contributed by atoms with Gasteiger partial charge in [0.15, 0.2) is 0 Å². The Morgan fingerprint density at radius 1 is 1.22 bits per heavy atom. The minimum absolute atomic E-state index is 0.173. The van der Waals surface area contributed by atoms with Crippen LogP contribution in [0.3, 0.4) is 0 Å². The molecule has 0 unspecified atom stereocenters. The van der Waals surface area contributed by atoms with Crippen molar-refractivity contribution in [1.29, 1.82) is 0 Å². The van der Waals surface area contributed by atoms with Crippen LogP contribution in [0.15, 0.2) is 12.2 Å². The van der Waals surface area contributed by atoms with Crippen molar-refractivity contribution in [3.05, 3.63) is 19.1 Å². The minimum atomic E-state index is -0.173. The lowest BCUT2D eigenvalue weighted by molar-refractivity contribution is 0.457. The van der Waals surface area contributed by atoms with Gasteiger partial charge in [0.05, 0.1) is 6.67 Å². The summed E-state index contributed by atoms with van der Waals surface area (Å²) in [6.45, 7) is 3.38. The average Bonchev–Trinajstić information content (AvgIpc) is 1.89. The van der Waals surface area contributed by atoms with E-state index >= 15 is 0 Å². The van der Waals surface area contributed by atoms with E-state index in [-0.39, 0.29) is 6.67 Å². The van der Waals surface area contributed by atoms with Gasteiger partial charge in [0, 0.05) is 0 Å². The van der Waals surface area contributed by atoms with Crippen LogP contribution < -0.4 is 0 Å². The van der Waals surface area contributed by atoms with Crippen molar-refractivity contribution < 1.29 is 4.39 Å². The molecule has 0 bridgehead atoms. The van der Waals surface area contributed by atoms with Crippen molar-refractivity contribution in [3.63, 3.8) is 0 Å². The van der Waals surface area contributed by atoms with Crippen molar-refractivity contribution in [2.45, 2.75) is 25.7 Å². The lowest BCUT2D eigenvalue weighted by Crippen LogP contribution is -1.76. The Kier molecular flexibility index (Phi) is 7.39. The molecule has 0 aliphatic heterocycles. The highest BCUT2D eigenvalue weighted by Crippen LogP contribution is 2.00. The van der Waals surface area contributed by atoms with Crippen molar-refractivity contribution in [3.8, 4) is 0 Å². The SMILES string of the molecule is [CH2]C=CCCCCCF. The molecule has 0 aromatic heterocycles. The van der Waals surface area contributed by atoms with Crippen LogP contribution in [0.4, 0.5) is 4.39 Å². The molecule has 0 heterocycles. The molecule has 0 saturated carbocycles. The molecule has 1 heteroatoms. The van der Waals surface area contributed by atoms with Gasteiger partial charge in [0.1, 0.15) is 0 Å². The van der Waals surface area contributed by atoms with E-state index in [0.717, 1.165) is 19.3 Å². The number of alkyl halides is 1. The third-order valence-electron chi connectivity index (χ3n) is 1.17. The first-order chi connectivity index (χ1) is 4.41. The van der Waals surface area contributed by atoms with E-state index in [2.05, 4.69) is 6.92 Å². The summed E-state index contributed by atoms with van der Waals surface area (Å²) in [5.74, 6) is 0. The second-order valence-electron chi connectivity index (χ2n) is 2.01. The van der Waals surface area contributed by atoms with Crippen LogP contribution in [0.5, 0.6) is 0 Å². The number of allylic oxidation sites excluding steroid dienone is 2. The van der Waals surface area contributed by atoms with Crippen molar-refractivity contribution in [1.82, 2.24) is 0 Å². The summed E-state index contributed by atoms with van der Waals surface area (Å²) in [4.78, 5) is 0. The fourth-order valence-corrected chi connectivity index (χ4v) is 0.651. The first kappa shape index (κ1) is 8.67. The Morgan fingerprint density at radius 3 is 2.56 bits per heavy atom. The van der Waals surface area contributed by atoms with Crippen LogP contribution in [-0.4, -0.2) is 6.67 Å². The Balaban J connectivity index is 2.75. The summed E-state index contributed by atoms with van der Waals surface area (Å²) in [5, 5.41) is 0. The normalized spacial score (nSPS) is 10.9. The van der Waals surface area contributed by atoms with Crippen LogP contribution in [0.1, 0.15) is 25.7 Å². The van der Waals surface area contributed by atoms with Crippen LogP contribution in [0.2, 0.25) is 0 Å². The standard InChI is InChI=1S/C8H14F/c1-2-3-4-5-6-7-8-9/h2-3H,1,4-8H2. The lowest BCUT2D eigenvalue weighted by Gasteiger charge is -1.91. The Bertz CT molecular complexity index is 67.0. The first-order valence-electron chi connectivity index (χ1n) is 3.42. The third-order valence-corrected chi connectivity index (χ3v) is 1.17. The number of hydrogen-bond donors (Lipinski definition) is 0. The van der Waals surface area contributed by atoms with Gasteiger partial charge < -0.3 is 0 Å². The van der Waals surface area contributed by atoms with Gasteiger partial charge in [-0.25, -0.2) is 0 Å². The Hall–Kier alpha value is -0.330. The minimum Gasteiger partial charge on any atom is -0.251 e. The van der Waals surface area contributed by atoms with E-state index in [1.807, 2.05) is 6.08 Å². The predicted octanol–water partition coefficient (Wildman–Crippen LogP) is 2.91. The second-order valence-corrected chi connectivity index (χ2v) is 2.01. The van der Waals surface area contributed by atoms with Crippen LogP contribution in [0.25, 0.3) is 0 Å².